The zero-order chi connectivity index (χ0) is 19.5. The van der Waals surface area contributed by atoms with Crippen LogP contribution in [0.2, 0.25) is 0 Å². The van der Waals surface area contributed by atoms with Crippen molar-refractivity contribution in [2.24, 2.45) is 16.3 Å². The highest BCUT2D eigenvalue weighted by Crippen LogP contribution is 2.41. The Hall–Kier alpha value is -0.570. The minimum atomic E-state index is -0.0676. The zero-order valence-electron chi connectivity index (χ0n) is 18.0. The summed E-state index contributed by atoms with van der Waals surface area (Å²) in [5, 5.41) is 3.44. The number of likely N-dealkylation sites (tertiary alicyclic amines) is 1. The Morgan fingerprint density at radius 2 is 1.93 bits per heavy atom. The molecule has 1 aliphatic carbocycles. The molecule has 1 atom stereocenters. The molecule has 1 saturated carbocycles. The van der Waals surface area contributed by atoms with E-state index in [0.717, 1.165) is 58.1 Å². The second-order valence-electron chi connectivity index (χ2n) is 7.86. The standard InChI is InChI=1S/C21H39N3O3.HI/c1-4-22-20(24-14-9-10-18(16-24)19(25)27-6-3)23-17-21(11-7-8-12-21)13-15-26-5-2;/h18H,4-17H2,1-3H3,(H,22,23);1H/t18-;/m0./s1. The number of rotatable bonds is 9. The van der Waals surface area contributed by atoms with Crippen LogP contribution in [0.25, 0.3) is 0 Å². The fourth-order valence-electron chi connectivity index (χ4n) is 4.34. The van der Waals surface area contributed by atoms with E-state index in [2.05, 4.69) is 24.1 Å². The molecule has 0 unspecified atom stereocenters. The maximum Gasteiger partial charge on any atom is 0.310 e. The lowest BCUT2D eigenvalue weighted by Gasteiger charge is -2.35. The third kappa shape index (κ3) is 7.69. The van der Waals surface area contributed by atoms with E-state index < -0.39 is 0 Å². The lowest BCUT2D eigenvalue weighted by Crippen LogP contribution is -2.48. The van der Waals surface area contributed by atoms with Crippen LogP contribution >= 0.6 is 24.0 Å². The number of carbonyl (C=O) groups excluding carboxylic acids is 1. The molecule has 0 amide bonds. The number of hydrogen-bond donors (Lipinski definition) is 1. The van der Waals surface area contributed by atoms with E-state index in [4.69, 9.17) is 14.5 Å². The molecule has 7 heteroatoms. The molecule has 28 heavy (non-hydrogen) atoms. The summed E-state index contributed by atoms with van der Waals surface area (Å²) in [7, 11) is 0. The first-order chi connectivity index (χ1) is 13.1. The summed E-state index contributed by atoms with van der Waals surface area (Å²) >= 11 is 0. The first kappa shape index (κ1) is 25.5. The van der Waals surface area contributed by atoms with Crippen LogP contribution in [0.1, 0.15) is 65.7 Å². The smallest absolute Gasteiger partial charge is 0.310 e. The maximum absolute atomic E-state index is 12.2. The Morgan fingerprint density at radius 1 is 1.18 bits per heavy atom. The van der Waals surface area contributed by atoms with Gasteiger partial charge in [-0.3, -0.25) is 9.79 Å². The van der Waals surface area contributed by atoms with Gasteiger partial charge in [-0.15, -0.1) is 24.0 Å². The van der Waals surface area contributed by atoms with Gasteiger partial charge in [-0.25, -0.2) is 0 Å². The number of piperidine rings is 1. The van der Waals surface area contributed by atoms with Crippen LogP contribution in [0, 0.1) is 11.3 Å². The average Bonchev–Trinajstić information content (AvgIpc) is 3.15. The van der Waals surface area contributed by atoms with Crippen LogP contribution in [-0.4, -0.2) is 62.8 Å². The van der Waals surface area contributed by atoms with Crippen LogP contribution in [0.15, 0.2) is 4.99 Å². The summed E-state index contributed by atoms with van der Waals surface area (Å²) in [5.74, 6) is 0.845. The van der Waals surface area contributed by atoms with Gasteiger partial charge in [-0.1, -0.05) is 12.8 Å². The van der Waals surface area contributed by atoms with Crippen molar-refractivity contribution >= 4 is 35.9 Å². The number of aliphatic imine (C=N–C) groups is 1. The molecule has 1 heterocycles. The minimum Gasteiger partial charge on any atom is -0.466 e. The molecule has 1 saturated heterocycles. The average molecular weight is 509 g/mol. The lowest BCUT2D eigenvalue weighted by atomic mass is 9.83. The quantitative estimate of drug-likeness (QED) is 0.168. The van der Waals surface area contributed by atoms with E-state index in [1.54, 1.807) is 0 Å². The molecule has 0 aromatic rings. The molecule has 1 N–H and O–H groups in total. The Bertz CT molecular complexity index is 482. The number of nitrogens with one attached hydrogen (secondary N) is 1. The Morgan fingerprint density at radius 3 is 2.57 bits per heavy atom. The van der Waals surface area contributed by atoms with Crippen molar-refractivity contribution in [1.29, 1.82) is 0 Å². The molecule has 0 aromatic carbocycles. The molecule has 6 nitrogen and oxygen atoms in total. The summed E-state index contributed by atoms with van der Waals surface area (Å²) in [6, 6.07) is 0. The Kier molecular flexibility index (Phi) is 12.4. The number of carbonyl (C=O) groups is 1. The molecule has 0 radical (unpaired) electrons. The predicted octanol–water partition coefficient (Wildman–Crippen LogP) is 3.83. The fraction of sp³-hybridized carbons (Fsp3) is 0.905. The predicted molar refractivity (Wildman–Crippen MR) is 124 cm³/mol. The highest BCUT2D eigenvalue weighted by Gasteiger charge is 2.34. The van der Waals surface area contributed by atoms with E-state index in [9.17, 15) is 4.79 Å². The van der Waals surface area contributed by atoms with Crippen LogP contribution in [0.4, 0.5) is 0 Å². The van der Waals surface area contributed by atoms with Gasteiger partial charge in [0.15, 0.2) is 5.96 Å². The Balaban J connectivity index is 0.00000392. The Labute approximate surface area is 188 Å². The van der Waals surface area contributed by atoms with Gasteiger partial charge < -0.3 is 19.7 Å². The van der Waals surface area contributed by atoms with Gasteiger partial charge in [0, 0.05) is 39.4 Å². The first-order valence-corrected chi connectivity index (χ1v) is 10.9. The number of hydrogen-bond acceptors (Lipinski definition) is 4. The summed E-state index contributed by atoms with van der Waals surface area (Å²) in [4.78, 5) is 19.4. The molecule has 2 fully saturated rings. The van der Waals surface area contributed by atoms with Gasteiger partial charge in [-0.2, -0.15) is 0 Å². The van der Waals surface area contributed by atoms with Crippen molar-refractivity contribution in [3.05, 3.63) is 0 Å². The second kappa shape index (κ2) is 13.6. The van der Waals surface area contributed by atoms with Crippen molar-refractivity contribution in [3.8, 4) is 0 Å². The molecule has 1 aliphatic heterocycles. The summed E-state index contributed by atoms with van der Waals surface area (Å²) in [5.41, 5.74) is 0.284. The van der Waals surface area contributed by atoms with Crippen LogP contribution in [-0.2, 0) is 14.3 Å². The van der Waals surface area contributed by atoms with Gasteiger partial charge in [0.2, 0.25) is 0 Å². The first-order valence-electron chi connectivity index (χ1n) is 10.9. The summed E-state index contributed by atoms with van der Waals surface area (Å²) in [6.07, 6.45) is 8.09. The number of esters is 1. The third-order valence-electron chi connectivity index (χ3n) is 5.89. The maximum atomic E-state index is 12.2. The largest absolute Gasteiger partial charge is 0.466 e. The minimum absolute atomic E-state index is 0. The van der Waals surface area contributed by atoms with Crippen molar-refractivity contribution in [3.63, 3.8) is 0 Å². The van der Waals surface area contributed by atoms with Gasteiger partial charge in [0.25, 0.3) is 0 Å². The highest BCUT2D eigenvalue weighted by atomic mass is 127. The molecule has 164 valence electrons. The molecular weight excluding hydrogens is 469 g/mol. The van der Waals surface area contributed by atoms with Gasteiger partial charge in [0.1, 0.15) is 0 Å². The van der Waals surface area contributed by atoms with Crippen LogP contribution < -0.4 is 5.32 Å². The van der Waals surface area contributed by atoms with Gasteiger partial charge in [0.05, 0.1) is 12.5 Å². The normalized spacial score (nSPS) is 21.9. The second-order valence-corrected chi connectivity index (χ2v) is 7.86. The van der Waals surface area contributed by atoms with Crippen molar-refractivity contribution < 1.29 is 14.3 Å². The van der Waals surface area contributed by atoms with Gasteiger partial charge >= 0.3 is 5.97 Å². The molecule has 0 bridgehead atoms. The van der Waals surface area contributed by atoms with Gasteiger partial charge in [-0.05, 0) is 58.3 Å². The number of nitrogens with zero attached hydrogens (tertiary/aromatic N) is 2. The van der Waals surface area contributed by atoms with E-state index >= 15 is 0 Å². The highest BCUT2D eigenvalue weighted by molar-refractivity contribution is 14.0. The molecular formula is C21H40IN3O3. The van der Waals surface area contributed by atoms with Crippen molar-refractivity contribution in [2.75, 3.05) is 46.0 Å². The summed E-state index contributed by atoms with van der Waals surface area (Å²) < 4.78 is 10.9. The molecule has 2 rings (SSSR count). The lowest BCUT2D eigenvalue weighted by molar-refractivity contribution is -0.149. The van der Waals surface area contributed by atoms with E-state index in [0.29, 0.717) is 13.2 Å². The van der Waals surface area contributed by atoms with E-state index in [-0.39, 0.29) is 41.3 Å². The van der Waals surface area contributed by atoms with Crippen LogP contribution in [0.3, 0.4) is 0 Å². The number of guanidine groups is 1. The molecule has 2 aliphatic rings. The van der Waals surface area contributed by atoms with Crippen LogP contribution in [0.5, 0.6) is 0 Å². The SMILES string of the molecule is CCNC(=NCC1(CCOCC)CCCC1)N1CCC[C@H](C(=O)OCC)C1.I. The fourth-order valence-corrected chi connectivity index (χ4v) is 4.34. The number of halogens is 1. The van der Waals surface area contributed by atoms with E-state index in [1.165, 1.54) is 25.7 Å². The van der Waals surface area contributed by atoms with Crippen molar-refractivity contribution in [1.82, 2.24) is 10.2 Å². The topological polar surface area (TPSA) is 63.2 Å². The third-order valence-corrected chi connectivity index (χ3v) is 5.89. The van der Waals surface area contributed by atoms with Crippen molar-refractivity contribution in [2.45, 2.75) is 65.7 Å². The zero-order valence-corrected chi connectivity index (χ0v) is 20.3. The van der Waals surface area contributed by atoms with E-state index in [1.807, 2.05) is 6.92 Å². The number of ether oxygens (including phenoxy) is 2. The monoisotopic (exact) mass is 509 g/mol. The molecule has 0 aromatic heterocycles. The summed E-state index contributed by atoms with van der Waals surface area (Å²) in [6.45, 7) is 11.4. The molecule has 0 spiro atoms.